The van der Waals surface area contributed by atoms with Gasteiger partial charge in [0.05, 0.1) is 12.4 Å². The summed E-state index contributed by atoms with van der Waals surface area (Å²) < 4.78 is 12.5. The molecule has 1 atom stereocenters. The van der Waals surface area contributed by atoms with E-state index in [1.807, 2.05) is 18.9 Å². The van der Waals surface area contributed by atoms with Gasteiger partial charge in [0.25, 0.3) is 0 Å². The first-order valence-electron chi connectivity index (χ1n) is 4.52. The molecule has 0 spiro atoms. The molecule has 1 heterocycles. The number of halogens is 1. The zero-order valence-corrected chi connectivity index (χ0v) is 8.44. The Morgan fingerprint density at radius 3 is 2.57 bits per heavy atom. The second-order valence-electron chi connectivity index (χ2n) is 3.42. The van der Waals surface area contributed by atoms with Gasteiger partial charge in [-0.1, -0.05) is 6.92 Å². The molecule has 0 aliphatic carbocycles. The van der Waals surface area contributed by atoms with E-state index in [2.05, 4.69) is 9.97 Å². The molecule has 4 nitrogen and oxygen atoms in total. The first kappa shape index (κ1) is 10.8. The average molecular weight is 198 g/mol. The second kappa shape index (κ2) is 4.85. The summed E-state index contributed by atoms with van der Waals surface area (Å²) in [5.41, 5.74) is 5.50. The summed E-state index contributed by atoms with van der Waals surface area (Å²) in [6, 6.07) is 0. The minimum absolute atomic E-state index is 0.369. The van der Waals surface area contributed by atoms with Gasteiger partial charge in [-0.05, 0) is 12.5 Å². The maximum absolute atomic E-state index is 12.5. The van der Waals surface area contributed by atoms with Crippen LogP contribution in [0.2, 0.25) is 0 Å². The minimum Gasteiger partial charge on any atom is -0.344 e. The average Bonchev–Trinajstić information content (AvgIpc) is 2.18. The zero-order valence-electron chi connectivity index (χ0n) is 8.44. The summed E-state index contributed by atoms with van der Waals surface area (Å²) in [5.74, 6) is 0.467. The highest BCUT2D eigenvalue weighted by Gasteiger charge is 2.07. The van der Waals surface area contributed by atoms with Crippen molar-refractivity contribution in [3.63, 3.8) is 0 Å². The maximum atomic E-state index is 12.5. The van der Waals surface area contributed by atoms with Crippen LogP contribution in [0.4, 0.5) is 10.3 Å². The number of hydrogen-bond donors (Lipinski definition) is 1. The van der Waals surface area contributed by atoms with Crippen LogP contribution >= 0.6 is 0 Å². The number of rotatable bonds is 4. The Balaban J connectivity index is 2.60. The third-order valence-corrected chi connectivity index (χ3v) is 1.94. The maximum Gasteiger partial charge on any atom is 0.225 e. The summed E-state index contributed by atoms with van der Waals surface area (Å²) in [5, 5.41) is 0. The van der Waals surface area contributed by atoms with Crippen LogP contribution in [0.1, 0.15) is 6.92 Å². The first-order valence-corrected chi connectivity index (χ1v) is 4.52. The molecule has 0 radical (unpaired) electrons. The number of hydrogen-bond acceptors (Lipinski definition) is 4. The fourth-order valence-electron chi connectivity index (χ4n) is 1.13. The van der Waals surface area contributed by atoms with Gasteiger partial charge in [-0.2, -0.15) is 0 Å². The monoisotopic (exact) mass is 198 g/mol. The summed E-state index contributed by atoms with van der Waals surface area (Å²) in [6.45, 7) is 3.42. The van der Waals surface area contributed by atoms with Gasteiger partial charge in [0.2, 0.25) is 5.95 Å². The van der Waals surface area contributed by atoms with Crippen LogP contribution < -0.4 is 10.6 Å². The molecule has 0 aliphatic heterocycles. The lowest BCUT2D eigenvalue weighted by molar-refractivity contribution is 0.578. The van der Waals surface area contributed by atoms with Crippen molar-refractivity contribution in [2.75, 3.05) is 25.0 Å². The molecule has 1 rings (SSSR count). The van der Waals surface area contributed by atoms with Crippen molar-refractivity contribution < 1.29 is 4.39 Å². The molecule has 0 bridgehead atoms. The van der Waals surface area contributed by atoms with E-state index in [0.717, 1.165) is 18.9 Å². The van der Waals surface area contributed by atoms with Crippen molar-refractivity contribution in [1.82, 2.24) is 9.97 Å². The Morgan fingerprint density at radius 2 is 2.07 bits per heavy atom. The van der Waals surface area contributed by atoms with Crippen molar-refractivity contribution in [3.05, 3.63) is 18.2 Å². The van der Waals surface area contributed by atoms with E-state index in [4.69, 9.17) is 5.73 Å². The number of anilines is 1. The van der Waals surface area contributed by atoms with Crippen LogP contribution in [-0.4, -0.2) is 30.1 Å². The van der Waals surface area contributed by atoms with Crippen LogP contribution in [0.3, 0.4) is 0 Å². The van der Waals surface area contributed by atoms with E-state index in [1.54, 1.807) is 0 Å². The Morgan fingerprint density at radius 1 is 1.50 bits per heavy atom. The van der Waals surface area contributed by atoms with E-state index in [0.29, 0.717) is 18.4 Å². The number of nitrogens with zero attached hydrogens (tertiary/aromatic N) is 3. The normalized spacial score (nSPS) is 12.6. The molecule has 0 saturated carbocycles. The molecule has 5 heteroatoms. The molecule has 78 valence electrons. The van der Waals surface area contributed by atoms with E-state index >= 15 is 0 Å². The smallest absolute Gasteiger partial charge is 0.225 e. The molecule has 0 aromatic carbocycles. The van der Waals surface area contributed by atoms with Crippen molar-refractivity contribution in [1.29, 1.82) is 0 Å². The van der Waals surface area contributed by atoms with E-state index in [1.165, 1.54) is 0 Å². The molecule has 1 aromatic heterocycles. The lowest BCUT2D eigenvalue weighted by Crippen LogP contribution is -2.29. The van der Waals surface area contributed by atoms with Crippen LogP contribution in [-0.2, 0) is 0 Å². The third kappa shape index (κ3) is 2.92. The molecule has 1 unspecified atom stereocenters. The third-order valence-electron chi connectivity index (χ3n) is 1.94. The summed E-state index contributed by atoms with van der Waals surface area (Å²) >= 11 is 0. The molecule has 2 N–H and O–H groups in total. The summed E-state index contributed by atoms with van der Waals surface area (Å²) in [4.78, 5) is 9.59. The van der Waals surface area contributed by atoms with Crippen LogP contribution in [0.5, 0.6) is 0 Å². The molecule has 0 amide bonds. The highest BCUT2D eigenvalue weighted by Crippen LogP contribution is 2.06. The topological polar surface area (TPSA) is 55.0 Å². The van der Waals surface area contributed by atoms with Gasteiger partial charge in [-0.25, -0.2) is 14.4 Å². The van der Waals surface area contributed by atoms with Gasteiger partial charge >= 0.3 is 0 Å². The van der Waals surface area contributed by atoms with Gasteiger partial charge in [0.15, 0.2) is 5.82 Å². The quantitative estimate of drug-likeness (QED) is 0.771. The Hall–Kier alpha value is -1.23. The van der Waals surface area contributed by atoms with Gasteiger partial charge in [0.1, 0.15) is 0 Å². The SMILES string of the molecule is CC(CN)CN(C)c1ncc(F)cn1. The Kier molecular flexibility index (Phi) is 3.76. The highest BCUT2D eigenvalue weighted by atomic mass is 19.1. The van der Waals surface area contributed by atoms with Crippen molar-refractivity contribution in [2.45, 2.75) is 6.92 Å². The van der Waals surface area contributed by atoms with Gasteiger partial charge in [-0.3, -0.25) is 0 Å². The standard InChI is InChI=1S/C9H15FN4/c1-7(3-11)6-14(2)9-12-4-8(10)5-13-9/h4-5,7H,3,6,11H2,1-2H3. The molecule has 0 saturated heterocycles. The highest BCUT2D eigenvalue weighted by molar-refractivity contribution is 5.26. The molecule has 1 aromatic rings. The van der Waals surface area contributed by atoms with Gasteiger partial charge in [0, 0.05) is 13.6 Å². The van der Waals surface area contributed by atoms with Gasteiger partial charge < -0.3 is 10.6 Å². The van der Waals surface area contributed by atoms with Crippen molar-refractivity contribution in [3.8, 4) is 0 Å². The summed E-state index contributed by atoms with van der Waals surface area (Å²) in [6.07, 6.45) is 2.32. The van der Waals surface area contributed by atoms with E-state index in [9.17, 15) is 4.39 Å². The first-order chi connectivity index (χ1) is 6.63. The second-order valence-corrected chi connectivity index (χ2v) is 3.42. The molecular formula is C9H15FN4. The predicted octanol–water partition coefficient (Wildman–Crippen LogP) is 0.647. The fraction of sp³-hybridized carbons (Fsp3) is 0.556. The molecule has 0 fully saturated rings. The minimum atomic E-state index is -0.422. The molecule has 14 heavy (non-hydrogen) atoms. The lowest BCUT2D eigenvalue weighted by atomic mass is 10.2. The number of aromatic nitrogens is 2. The van der Waals surface area contributed by atoms with Crippen LogP contribution in [0.15, 0.2) is 12.4 Å². The van der Waals surface area contributed by atoms with Crippen LogP contribution in [0, 0.1) is 11.7 Å². The summed E-state index contributed by atoms with van der Waals surface area (Å²) in [7, 11) is 1.86. The van der Waals surface area contributed by atoms with Crippen LogP contribution in [0.25, 0.3) is 0 Å². The fourth-order valence-corrected chi connectivity index (χ4v) is 1.13. The largest absolute Gasteiger partial charge is 0.344 e. The Labute approximate surface area is 83.0 Å². The number of nitrogens with two attached hydrogens (primary N) is 1. The Bertz CT molecular complexity index is 275. The predicted molar refractivity (Wildman–Crippen MR) is 53.5 cm³/mol. The molecular weight excluding hydrogens is 183 g/mol. The van der Waals surface area contributed by atoms with Crippen molar-refractivity contribution >= 4 is 5.95 Å². The van der Waals surface area contributed by atoms with E-state index in [-0.39, 0.29) is 0 Å². The zero-order chi connectivity index (χ0) is 10.6. The van der Waals surface area contributed by atoms with E-state index < -0.39 is 5.82 Å². The lowest BCUT2D eigenvalue weighted by Gasteiger charge is -2.20. The van der Waals surface area contributed by atoms with Gasteiger partial charge in [-0.15, -0.1) is 0 Å². The van der Waals surface area contributed by atoms with Crippen molar-refractivity contribution in [2.24, 2.45) is 11.7 Å². The molecule has 0 aliphatic rings.